The Morgan fingerprint density at radius 3 is 2.44 bits per heavy atom. The molecular formula is C18H17N7OS. The number of anilines is 2. The van der Waals surface area contributed by atoms with Gasteiger partial charge in [0.05, 0.1) is 0 Å². The topological polar surface area (TPSA) is 104 Å². The highest BCUT2D eigenvalue weighted by atomic mass is 32.1. The first-order valence-electron chi connectivity index (χ1n) is 8.31. The van der Waals surface area contributed by atoms with Gasteiger partial charge in [0.1, 0.15) is 11.6 Å². The summed E-state index contributed by atoms with van der Waals surface area (Å²) in [4.78, 5) is 12.4. The largest absolute Gasteiger partial charge is 0.365 e. The fraction of sp³-hybridized carbons (Fsp3) is 0.111. The zero-order valence-electron chi connectivity index (χ0n) is 14.3. The molecule has 0 aliphatic carbocycles. The van der Waals surface area contributed by atoms with Crippen LogP contribution in [-0.4, -0.2) is 24.7 Å². The van der Waals surface area contributed by atoms with E-state index >= 15 is 0 Å². The van der Waals surface area contributed by atoms with Gasteiger partial charge in [-0.2, -0.15) is 9.77 Å². The third-order valence-electron chi connectivity index (χ3n) is 3.92. The molecule has 0 spiro atoms. The van der Waals surface area contributed by atoms with Gasteiger partial charge < -0.3 is 11.2 Å². The molecule has 8 nitrogen and oxygen atoms in total. The van der Waals surface area contributed by atoms with E-state index in [2.05, 4.69) is 20.6 Å². The fourth-order valence-corrected chi connectivity index (χ4v) is 3.35. The molecule has 2 aromatic heterocycles. The average Bonchev–Trinajstić information content (AvgIpc) is 3.23. The predicted octanol–water partition coefficient (Wildman–Crippen LogP) is 1.99. The van der Waals surface area contributed by atoms with Crippen LogP contribution in [0.15, 0.2) is 65.5 Å². The van der Waals surface area contributed by atoms with Crippen molar-refractivity contribution < 1.29 is 0 Å². The number of rotatable bonds is 6. The molecule has 2 heterocycles. The highest BCUT2D eigenvalue weighted by Crippen LogP contribution is 2.20. The molecular weight excluding hydrogens is 362 g/mol. The van der Waals surface area contributed by atoms with E-state index in [0.29, 0.717) is 22.4 Å². The molecule has 2 aromatic carbocycles. The standard InChI is InChI=1S/C18H17N7OS/c19-25-15(11-13-7-3-1-4-8-13)23-24(18(25)26)12-16-21-22-17(27-16)20-14-9-5-2-6-10-14/h1-10H,11-12,19H2,(H,20,22). The summed E-state index contributed by atoms with van der Waals surface area (Å²) in [7, 11) is 0. The lowest BCUT2D eigenvalue weighted by atomic mass is 10.1. The number of nitrogen functional groups attached to an aromatic ring is 1. The van der Waals surface area contributed by atoms with Gasteiger partial charge in [0.2, 0.25) is 5.13 Å². The third kappa shape index (κ3) is 3.87. The maximum Gasteiger partial charge on any atom is 0.365 e. The first-order chi connectivity index (χ1) is 13.2. The Labute approximate surface area is 158 Å². The lowest BCUT2D eigenvalue weighted by Crippen LogP contribution is -2.31. The SMILES string of the molecule is Nn1c(Cc2ccccc2)nn(Cc2nnc(Nc3ccccc3)s2)c1=O. The Kier molecular flexibility index (Phi) is 4.67. The Balaban J connectivity index is 1.50. The summed E-state index contributed by atoms with van der Waals surface area (Å²) in [6.45, 7) is 0.221. The second kappa shape index (κ2) is 7.42. The summed E-state index contributed by atoms with van der Waals surface area (Å²) < 4.78 is 2.39. The average molecular weight is 379 g/mol. The lowest BCUT2D eigenvalue weighted by molar-refractivity contribution is 0.640. The second-order valence-corrected chi connectivity index (χ2v) is 6.94. The monoisotopic (exact) mass is 379 g/mol. The molecule has 0 aliphatic heterocycles. The molecule has 0 atom stereocenters. The van der Waals surface area contributed by atoms with E-state index < -0.39 is 0 Å². The van der Waals surface area contributed by atoms with E-state index in [-0.39, 0.29) is 12.2 Å². The maximum absolute atomic E-state index is 12.4. The number of hydrogen-bond donors (Lipinski definition) is 2. The van der Waals surface area contributed by atoms with Gasteiger partial charge >= 0.3 is 5.69 Å². The molecule has 0 fully saturated rings. The molecule has 0 radical (unpaired) electrons. The molecule has 0 aliphatic rings. The number of aromatic nitrogens is 5. The van der Waals surface area contributed by atoms with Crippen molar-refractivity contribution in [1.82, 2.24) is 24.7 Å². The number of hydrogen-bond acceptors (Lipinski definition) is 7. The van der Waals surface area contributed by atoms with Gasteiger partial charge in [-0.05, 0) is 17.7 Å². The lowest BCUT2D eigenvalue weighted by Gasteiger charge is -1.99. The van der Waals surface area contributed by atoms with Gasteiger partial charge in [-0.1, -0.05) is 59.9 Å². The van der Waals surface area contributed by atoms with Gasteiger partial charge in [-0.3, -0.25) is 0 Å². The fourth-order valence-electron chi connectivity index (χ4n) is 2.61. The second-order valence-electron chi connectivity index (χ2n) is 5.88. The zero-order valence-corrected chi connectivity index (χ0v) is 15.1. The van der Waals surface area contributed by atoms with Crippen molar-refractivity contribution in [2.24, 2.45) is 0 Å². The van der Waals surface area contributed by atoms with Gasteiger partial charge in [0, 0.05) is 12.1 Å². The molecule has 9 heteroatoms. The smallest absolute Gasteiger partial charge is 0.333 e. The molecule has 0 amide bonds. The summed E-state index contributed by atoms with van der Waals surface area (Å²) in [5, 5.41) is 17.1. The van der Waals surface area contributed by atoms with Crippen molar-refractivity contribution >= 4 is 22.2 Å². The van der Waals surface area contributed by atoms with E-state index in [9.17, 15) is 4.79 Å². The zero-order chi connectivity index (χ0) is 18.6. The van der Waals surface area contributed by atoms with Crippen molar-refractivity contribution in [3.63, 3.8) is 0 Å². The van der Waals surface area contributed by atoms with Crippen LogP contribution in [0.4, 0.5) is 10.8 Å². The van der Waals surface area contributed by atoms with Crippen molar-refractivity contribution in [3.8, 4) is 0 Å². The molecule has 0 bridgehead atoms. The molecule has 0 saturated carbocycles. The molecule has 3 N–H and O–H groups in total. The van der Waals surface area contributed by atoms with Gasteiger partial charge in [-0.15, -0.1) is 10.2 Å². The van der Waals surface area contributed by atoms with Gasteiger partial charge in [-0.25, -0.2) is 9.48 Å². The molecule has 0 unspecified atom stereocenters. The normalized spacial score (nSPS) is 10.8. The quantitative estimate of drug-likeness (QED) is 0.497. The van der Waals surface area contributed by atoms with E-state index in [0.717, 1.165) is 15.9 Å². The minimum atomic E-state index is -0.381. The van der Waals surface area contributed by atoms with Crippen LogP contribution in [0, 0.1) is 0 Å². The summed E-state index contributed by atoms with van der Waals surface area (Å²) in [6.07, 6.45) is 0.483. The molecule has 4 aromatic rings. The molecule has 4 rings (SSSR count). The minimum Gasteiger partial charge on any atom is -0.333 e. The summed E-state index contributed by atoms with van der Waals surface area (Å²) >= 11 is 1.37. The highest BCUT2D eigenvalue weighted by Gasteiger charge is 2.14. The molecule has 0 saturated heterocycles. The number of nitrogens with zero attached hydrogens (tertiary/aromatic N) is 5. The number of benzene rings is 2. The predicted molar refractivity (Wildman–Crippen MR) is 105 cm³/mol. The Morgan fingerprint density at radius 2 is 1.70 bits per heavy atom. The minimum absolute atomic E-state index is 0.221. The van der Waals surface area contributed by atoms with Crippen LogP contribution >= 0.6 is 11.3 Å². The van der Waals surface area contributed by atoms with Crippen molar-refractivity contribution in [1.29, 1.82) is 0 Å². The maximum atomic E-state index is 12.4. The Bertz CT molecular complexity index is 1090. The number of nitrogens with one attached hydrogen (secondary N) is 1. The first kappa shape index (κ1) is 17.0. The highest BCUT2D eigenvalue weighted by molar-refractivity contribution is 7.15. The third-order valence-corrected chi connectivity index (χ3v) is 4.75. The van der Waals surface area contributed by atoms with Crippen LogP contribution in [-0.2, 0) is 13.0 Å². The summed E-state index contributed by atoms with van der Waals surface area (Å²) in [6, 6.07) is 19.5. The van der Waals surface area contributed by atoms with Crippen LogP contribution in [0.25, 0.3) is 0 Å². The van der Waals surface area contributed by atoms with Crippen molar-refractivity contribution in [2.45, 2.75) is 13.0 Å². The van der Waals surface area contributed by atoms with Crippen molar-refractivity contribution in [2.75, 3.05) is 11.2 Å². The van der Waals surface area contributed by atoms with E-state index in [1.807, 2.05) is 60.7 Å². The van der Waals surface area contributed by atoms with Crippen molar-refractivity contribution in [3.05, 3.63) is 87.5 Å². The van der Waals surface area contributed by atoms with Crippen LogP contribution in [0.3, 0.4) is 0 Å². The van der Waals surface area contributed by atoms with Gasteiger partial charge in [0.25, 0.3) is 0 Å². The Morgan fingerprint density at radius 1 is 1.00 bits per heavy atom. The van der Waals surface area contributed by atoms with Crippen LogP contribution in [0.2, 0.25) is 0 Å². The molecule has 136 valence electrons. The summed E-state index contributed by atoms with van der Waals surface area (Å²) in [5.74, 6) is 6.39. The number of para-hydroxylation sites is 1. The van der Waals surface area contributed by atoms with Crippen LogP contribution in [0.1, 0.15) is 16.4 Å². The van der Waals surface area contributed by atoms with Gasteiger partial charge in [0.15, 0.2) is 5.82 Å². The van der Waals surface area contributed by atoms with E-state index in [1.165, 1.54) is 16.0 Å². The Hall–Kier alpha value is -3.46. The van der Waals surface area contributed by atoms with E-state index in [1.54, 1.807) is 0 Å². The van der Waals surface area contributed by atoms with E-state index in [4.69, 9.17) is 5.84 Å². The van der Waals surface area contributed by atoms with Crippen LogP contribution in [0.5, 0.6) is 0 Å². The summed E-state index contributed by atoms with van der Waals surface area (Å²) in [5.41, 5.74) is 1.58. The molecule has 27 heavy (non-hydrogen) atoms. The first-order valence-corrected chi connectivity index (χ1v) is 9.13. The number of nitrogens with two attached hydrogens (primary N) is 1. The van der Waals surface area contributed by atoms with Crippen LogP contribution < -0.4 is 16.8 Å².